The SMILES string of the molecule is CN(C)C(=O)C1SCCCS1. The van der Waals surface area contributed by atoms with Crippen LogP contribution >= 0.6 is 23.5 Å². The summed E-state index contributed by atoms with van der Waals surface area (Å²) >= 11 is 3.54. The summed E-state index contributed by atoms with van der Waals surface area (Å²) in [6.07, 6.45) is 1.24. The minimum atomic E-state index is 0.166. The molecule has 4 heteroatoms. The van der Waals surface area contributed by atoms with Crippen molar-refractivity contribution in [2.75, 3.05) is 25.6 Å². The maximum absolute atomic E-state index is 11.4. The van der Waals surface area contributed by atoms with Gasteiger partial charge in [-0.1, -0.05) is 0 Å². The molecular weight excluding hydrogens is 178 g/mol. The minimum Gasteiger partial charge on any atom is -0.347 e. The summed E-state index contributed by atoms with van der Waals surface area (Å²) in [5, 5.41) is 0. The molecule has 0 aromatic rings. The molecule has 1 fully saturated rings. The van der Waals surface area contributed by atoms with E-state index >= 15 is 0 Å². The highest BCUT2D eigenvalue weighted by Gasteiger charge is 2.23. The van der Waals surface area contributed by atoms with E-state index in [2.05, 4.69) is 0 Å². The smallest absolute Gasteiger partial charge is 0.245 e. The lowest BCUT2D eigenvalue weighted by Crippen LogP contribution is -2.31. The summed E-state index contributed by atoms with van der Waals surface area (Å²) in [6.45, 7) is 0. The van der Waals surface area contributed by atoms with E-state index in [9.17, 15) is 4.79 Å². The molecule has 0 unspecified atom stereocenters. The van der Waals surface area contributed by atoms with Crippen LogP contribution in [0, 0.1) is 0 Å². The zero-order chi connectivity index (χ0) is 8.27. The van der Waals surface area contributed by atoms with Gasteiger partial charge in [0.1, 0.15) is 4.58 Å². The maximum atomic E-state index is 11.4. The van der Waals surface area contributed by atoms with Crippen LogP contribution in [0.15, 0.2) is 0 Å². The molecule has 1 heterocycles. The summed E-state index contributed by atoms with van der Waals surface area (Å²) in [5.41, 5.74) is 0. The van der Waals surface area contributed by atoms with E-state index < -0.39 is 0 Å². The second-order valence-corrected chi connectivity index (χ2v) is 5.38. The Morgan fingerprint density at radius 3 is 2.36 bits per heavy atom. The summed E-state index contributed by atoms with van der Waals surface area (Å²) in [6, 6.07) is 0. The lowest BCUT2D eigenvalue weighted by Gasteiger charge is -2.22. The Morgan fingerprint density at radius 2 is 1.91 bits per heavy atom. The van der Waals surface area contributed by atoms with Gasteiger partial charge in [0, 0.05) is 14.1 Å². The first-order chi connectivity index (χ1) is 5.22. The molecule has 0 aromatic carbocycles. The van der Waals surface area contributed by atoms with E-state index in [-0.39, 0.29) is 10.5 Å². The Labute approximate surface area is 76.1 Å². The van der Waals surface area contributed by atoms with Crippen LogP contribution in [0.1, 0.15) is 6.42 Å². The Balaban J connectivity index is 2.39. The molecule has 0 aliphatic carbocycles. The Bertz CT molecular complexity index is 143. The van der Waals surface area contributed by atoms with Crippen LogP contribution in [0.5, 0.6) is 0 Å². The topological polar surface area (TPSA) is 20.3 Å². The van der Waals surface area contributed by atoms with Crippen molar-refractivity contribution in [3.63, 3.8) is 0 Å². The molecule has 0 radical (unpaired) electrons. The number of carbonyl (C=O) groups is 1. The van der Waals surface area contributed by atoms with Gasteiger partial charge in [-0.3, -0.25) is 4.79 Å². The number of thioether (sulfide) groups is 2. The van der Waals surface area contributed by atoms with E-state index in [1.54, 1.807) is 28.4 Å². The van der Waals surface area contributed by atoms with E-state index in [4.69, 9.17) is 0 Å². The van der Waals surface area contributed by atoms with Crippen molar-refractivity contribution in [3.8, 4) is 0 Å². The predicted molar refractivity (Wildman–Crippen MR) is 52.0 cm³/mol. The maximum Gasteiger partial charge on any atom is 0.245 e. The highest BCUT2D eigenvalue weighted by atomic mass is 32.2. The van der Waals surface area contributed by atoms with Gasteiger partial charge in [0.05, 0.1) is 0 Å². The second kappa shape index (κ2) is 4.26. The zero-order valence-electron chi connectivity index (χ0n) is 6.87. The Morgan fingerprint density at radius 1 is 1.36 bits per heavy atom. The highest BCUT2D eigenvalue weighted by Crippen LogP contribution is 2.31. The monoisotopic (exact) mass is 191 g/mol. The van der Waals surface area contributed by atoms with Crippen LogP contribution in [0.2, 0.25) is 0 Å². The van der Waals surface area contributed by atoms with Gasteiger partial charge >= 0.3 is 0 Å². The van der Waals surface area contributed by atoms with Crippen molar-refractivity contribution in [1.82, 2.24) is 4.90 Å². The fraction of sp³-hybridized carbons (Fsp3) is 0.857. The lowest BCUT2D eigenvalue weighted by atomic mass is 10.6. The van der Waals surface area contributed by atoms with Gasteiger partial charge < -0.3 is 4.90 Å². The van der Waals surface area contributed by atoms with Crippen molar-refractivity contribution in [1.29, 1.82) is 0 Å². The third-order valence-corrected chi connectivity index (χ3v) is 4.34. The van der Waals surface area contributed by atoms with Crippen LogP contribution in [-0.4, -0.2) is 41.0 Å². The van der Waals surface area contributed by atoms with Crippen LogP contribution in [0.3, 0.4) is 0 Å². The van der Waals surface area contributed by atoms with E-state index in [1.807, 2.05) is 14.1 Å². The number of hydrogen-bond donors (Lipinski definition) is 0. The van der Waals surface area contributed by atoms with E-state index in [0.717, 1.165) is 11.5 Å². The van der Waals surface area contributed by atoms with Gasteiger partial charge in [-0.15, -0.1) is 23.5 Å². The molecule has 2 nitrogen and oxygen atoms in total. The molecule has 1 amide bonds. The lowest BCUT2D eigenvalue weighted by molar-refractivity contribution is -0.126. The van der Waals surface area contributed by atoms with Crippen LogP contribution in [0.4, 0.5) is 0 Å². The van der Waals surface area contributed by atoms with Crippen LogP contribution < -0.4 is 0 Å². The molecule has 1 rings (SSSR count). The molecule has 0 N–H and O–H groups in total. The largest absolute Gasteiger partial charge is 0.347 e. The molecule has 0 bridgehead atoms. The molecule has 11 heavy (non-hydrogen) atoms. The number of rotatable bonds is 1. The van der Waals surface area contributed by atoms with Gasteiger partial charge in [0.15, 0.2) is 0 Å². The van der Waals surface area contributed by atoms with Gasteiger partial charge in [-0.05, 0) is 17.9 Å². The van der Waals surface area contributed by atoms with Gasteiger partial charge in [-0.2, -0.15) is 0 Å². The van der Waals surface area contributed by atoms with Crippen molar-refractivity contribution in [3.05, 3.63) is 0 Å². The number of carbonyl (C=O) groups excluding carboxylic acids is 1. The van der Waals surface area contributed by atoms with Crippen molar-refractivity contribution < 1.29 is 4.79 Å². The first-order valence-electron chi connectivity index (χ1n) is 3.66. The van der Waals surface area contributed by atoms with Crippen molar-refractivity contribution >= 4 is 29.4 Å². The normalized spacial score (nSPS) is 19.8. The Kier molecular flexibility index (Phi) is 3.59. The molecule has 64 valence electrons. The van der Waals surface area contributed by atoms with Crippen LogP contribution in [-0.2, 0) is 4.79 Å². The quantitative estimate of drug-likeness (QED) is 0.622. The van der Waals surface area contributed by atoms with Crippen molar-refractivity contribution in [2.45, 2.75) is 11.0 Å². The molecule has 0 aromatic heterocycles. The fourth-order valence-corrected chi connectivity index (χ4v) is 3.74. The third-order valence-electron chi connectivity index (χ3n) is 1.47. The Hall–Kier alpha value is 0.170. The summed E-state index contributed by atoms with van der Waals surface area (Å²) in [5.74, 6) is 2.52. The molecule has 1 aliphatic rings. The summed E-state index contributed by atoms with van der Waals surface area (Å²) in [7, 11) is 3.64. The van der Waals surface area contributed by atoms with Gasteiger partial charge in [0.25, 0.3) is 0 Å². The van der Waals surface area contributed by atoms with Gasteiger partial charge in [-0.25, -0.2) is 0 Å². The van der Waals surface area contributed by atoms with Gasteiger partial charge in [0.2, 0.25) is 5.91 Å². The summed E-state index contributed by atoms with van der Waals surface area (Å²) in [4.78, 5) is 13.1. The second-order valence-electron chi connectivity index (χ2n) is 2.66. The van der Waals surface area contributed by atoms with Crippen LogP contribution in [0.25, 0.3) is 0 Å². The number of amides is 1. The van der Waals surface area contributed by atoms with E-state index in [0.29, 0.717) is 0 Å². The molecule has 1 saturated heterocycles. The predicted octanol–water partition coefficient (Wildman–Crippen LogP) is 1.27. The molecule has 0 saturated carbocycles. The third kappa shape index (κ3) is 2.60. The number of hydrogen-bond acceptors (Lipinski definition) is 3. The first-order valence-corrected chi connectivity index (χ1v) is 5.76. The zero-order valence-corrected chi connectivity index (χ0v) is 8.50. The van der Waals surface area contributed by atoms with Crippen molar-refractivity contribution in [2.24, 2.45) is 0 Å². The molecule has 1 aliphatic heterocycles. The summed E-state index contributed by atoms with van der Waals surface area (Å²) < 4.78 is 0.166. The average Bonchev–Trinajstić information content (AvgIpc) is 2.05. The standard InChI is InChI=1S/C7H13NOS2/c1-8(2)6(9)7-10-4-3-5-11-7/h7H,3-5H2,1-2H3. The van der Waals surface area contributed by atoms with E-state index in [1.165, 1.54) is 6.42 Å². The molecule has 0 atom stereocenters. The first kappa shape index (κ1) is 9.26. The highest BCUT2D eigenvalue weighted by molar-refractivity contribution is 8.18. The minimum absolute atomic E-state index is 0.166. The average molecular weight is 191 g/mol. The number of nitrogens with zero attached hydrogens (tertiary/aromatic N) is 1. The molecule has 0 spiro atoms. The molecular formula is C7H13NOS2. The fourth-order valence-electron chi connectivity index (χ4n) is 0.841.